The summed E-state index contributed by atoms with van der Waals surface area (Å²) in [5, 5.41) is 12.3. The summed E-state index contributed by atoms with van der Waals surface area (Å²) in [6.07, 6.45) is 2.14. The van der Waals surface area contributed by atoms with Gasteiger partial charge in [-0.3, -0.25) is 4.79 Å². The molecule has 0 aliphatic rings. The van der Waals surface area contributed by atoms with Gasteiger partial charge in [0, 0.05) is 26.6 Å². The number of anilines is 1. The Kier molecular flexibility index (Phi) is 9.24. The number of benzene rings is 3. The normalized spacial score (nSPS) is 10.9. The first kappa shape index (κ1) is 26.2. The van der Waals surface area contributed by atoms with Crippen molar-refractivity contribution in [2.75, 3.05) is 19.0 Å². The molecule has 3 rings (SSSR count). The lowest BCUT2D eigenvalue weighted by Crippen LogP contribution is -2.13. The van der Waals surface area contributed by atoms with Gasteiger partial charge in [-0.05, 0) is 66.6 Å². The van der Waals surface area contributed by atoms with Crippen LogP contribution in [0.2, 0.25) is 0 Å². The van der Waals surface area contributed by atoms with Crippen LogP contribution in [-0.2, 0) is 16.0 Å². The van der Waals surface area contributed by atoms with Crippen LogP contribution in [0.1, 0.15) is 34.0 Å². The second-order valence-corrected chi connectivity index (χ2v) is 9.08. The molecule has 0 aliphatic carbocycles. The van der Waals surface area contributed by atoms with E-state index in [0.717, 1.165) is 20.1 Å². The standard InChI is InChI=1S/C27H22Br2N2O4/c1-3-35-25-14-17(13-24(29)22(25)15-19-6-4-5-7-23(19)28)12-20(16-30)26(32)31-21-10-8-18(9-11-21)27(33)34-2/h4-14H,3,15H2,1-2H3,(H,31,32)/b20-12+. The second kappa shape index (κ2) is 12.3. The predicted octanol–water partition coefficient (Wildman–Crippen LogP) is 6.53. The van der Waals surface area contributed by atoms with Gasteiger partial charge in [0.2, 0.25) is 0 Å². The van der Waals surface area contributed by atoms with Crippen LogP contribution in [0.3, 0.4) is 0 Å². The van der Waals surface area contributed by atoms with E-state index in [0.29, 0.717) is 35.6 Å². The number of halogens is 2. The summed E-state index contributed by atoms with van der Waals surface area (Å²) in [6, 6.07) is 19.8. The van der Waals surface area contributed by atoms with E-state index in [1.807, 2.05) is 49.4 Å². The SMILES string of the molecule is CCOc1cc(/C=C(\C#N)C(=O)Nc2ccc(C(=O)OC)cc2)cc(Br)c1Cc1ccccc1Br. The largest absolute Gasteiger partial charge is 0.494 e. The second-order valence-electron chi connectivity index (χ2n) is 7.37. The minimum absolute atomic E-state index is 0.0741. The van der Waals surface area contributed by atoms with Crippen LogP contribution in [0.15, 0.2) is 75.2 Å². The third kappa shape index (κ3) is 6.81. The first-order chi connectivity index (χ1) is 16.9. The Morgan fingerprint density at radius 2 is 1.77 bits per heavy atom. The molecule has 0 saturated heterocycles. The van der Waals surface area contributed by atoms with E-state index in [9.17, 15) is 14.9 Å². The number of nitrogens with zero attached hydrogens (tertiary/aromatic N) is 1. The summed E-state index contributed by atoms with van der Waals surface area (Å²) in [6.45, 7) is 2.37. The zero-order chi connectivity index (χ0) is 25.4. The van der Waals surface area contributed by atoms with E-state index < -0.39 is 11.9 Å². The average Bonchev–Trinajstić information content (AvgIpc) is 2.85. The minimum Gasteiger partial charge on any atom is -0.494 e. The first-order valence-corrected chi connectivity index (χ1v) is 12.2. The maximum absolute atomic E-state index is 12.7. The highest BCUT2D eigenvalue weighted by atomic mass is 79.9. The Morgan fingerprint density at radius 3 is 2.40 bits per heavy atom. The molecule has 1 N–H and O–H groups in total. The van der Waals surface area contributed by atoms with Crippen molar-refractivity contribution >= 4 is 55.5 Å². The van der Waals surface area contributed by atoms with Gasteiger partial charge in [0.1, 0.15) is 17.4 Å². The number of methoxy groups -OCH3 is 1. The van der Waals surface area contributed by atoms with Crippen molar-refractivity contribution in [1.82, 2.24) is 0 Å². The molecule has 0 aliphatic heterocycles. The molecule has 0 spiro atoms. The zero-order valence-corrected chi connectivity index (χ0v) is 22.3. The number of carbonyl (C=O) groups excluding carboxylic acids is 2. The Morgan fingerprint density at radius 1 is 1.06 bits per heavy atom. The molecule has 0 aromatic heterocycles. The molecule has 0 saturated carbocycles. The Bertz CT molecular complexity index is 1310. The molecule has 0 heterocycles. The van der Waals surface area contributed by atoms with E-state index in [4.69, 9.17) is 4.74 Å². The number of hydrogen-bond donors (Lipinski definition) is 1. The van der Waals surface area contributed by atoms with Crippen LogP contribution >= 0.6 is 31.9 Å². The minimum atomic E-state index is -0.565. The first-order valence-electron chi connectivity index (χ1n) is 10.7. The number of amides is 1. The van der Waals surface area contributed by atoms with Crippen LogP contribution in [0, 0.1) is 11.3 Å². The molecule has 0 atom stereocenters. The number of ether oxygens (including phenoxy) is 2. The topological polar surface area (TPSA) is 88.4 Å². The third-order valence-electron chi connectivity index (χ3n) is 5.04. The smallest absolute Gasteiger partial charge is 0.337 e. The van der Waals surface area contributed by atoms with E-state index in [1.54, 1.807) is 12.1 Å². The van der Waals surface area contributed by atoms with Crippen LogP contribution in [0.4, 0.5) is 5.69 Å². The van der Waals surface area contributed by atoms with Gasteiger partial charge >= 0.3 is 5.97 Å². The van der Waals surface area contributed by atoms with Crippen molar-refractivity contribution in [1.29, 1.82) is 5.26 Å². The van der Waals surface area contributed by atoms with Crippen molar-refractivity contribution in [2.45, 2.75) is 13.3 Å². The maximum atomic E-state index is 12.7. The molecule has 0 fully saturated rings. The monoisotopic (exact) mass is 596 g/mol. The summed E-state index contributed by atoms with van der Waals surface area (Å²) in [4.78, 5) is 24.3. The van der Waals surface area contributed by atoms with Gasteiger partial charge in [0.15, 0.2) is 0 Å². The van der Waals surface area contributed by atoms with Gasteiger partial charge in [-0.1, -0.05) is 50.1 Å². The number of nitrogens with one attached hydrogen (secondary N) is 1. The summed E-state index contributed by atoms with van der Waals surface area (Å²) < 4.78 is 12.4. The number of hydrogen-bond acceptors (Lipinski definition) is 5. The fraction of sp³-hybridized carbons (Fsp3) is 0.148. The van der Waals surface area contributed by atoms with Crippen molar-refractivity contribution in [3.8, 4) is 11.8 Å². The lowest BCUT2D eigenvalue weighted by atomic mass is 10.0. The van der Waals surface area contributed by atoms with E-state index in [2.05, 4.69) is 41.9 Å². The van der Waals surface area contributed by atoms with Crippen LogP contribution in [-0.4, -0.2) is 25.6 Å². The summed E-state index contributed by atoms with van der Waals surface area (Å²) >= 11 is 7.22. The highest BCUT2D eigenvalue weighted by molar-refractivity contribution is 9.10. The summed E-state index contributed by atoms with van der Waals surface area (Å²) in [7, 11) is 1.30. The van der Waals surface area contributed by atoms with Crippen molar-refractivity contribution < 1.29 is 19.1 Å². The van der Waals surface area contributed by atoms with Gasteiger partial charge in [0.05, 0.1) is 19.3 Å². The van der Waals surface area contributed by atoms with Gasteiger partial charge in [-0.15, -0.1) is 0 Å². The van der Waals surface area contributed by atoms with Gasteiger partial charge in [-0.25, -0.2) is 4.79 Å². The molecule has 3 aromatic rings. The fourth-order valence-electron chi connectivity index (χ4n) is 3.32. The van der Waals surface area contributed by atoms with Crippen LogP contribution in [0.25, 0.3) is 6.08 Å². The number of esters is 1. The summed E-state index contributed by atoms with van der Waals surface area (Å²) in [5.41, 5.74) is 3.44. The van der Waals surface area contributed by atoms with E-state index in [1.165, 1.54) is 25.3 Å². The van der Waals surface area contributed by atoms with Crippen molar-refractivity contribution in [3.05, 3.63) is 97.4 Å². The van der Waals surface area contributed by atoms with Crippen LogP contribution in [0.5, 0.6) is 5.75 Å². The molecule has 1 amide bonds. The highest BCUT2D eigenvalue weighted by Crippen LogP contribution is 2.33. The number of rotatable bonds is 8. The van der Waals surface area contributed by atoms with Gasteiger partial charge < -0.3 is 14.8 Å². The molecule has 35 heavy (non-hydrogen) atoms. The lowest BCUT2D eigenvalue weighted by molar-refractivity contribution is -0.112. The van der Waals surface area contributed by atoms with Crippen molar-refractivity contribution in [2.24, 2.45) is 0 Å². The Balaban J connectivity index is 1.87. The highest BCUT2D eigenvalue weighted by Gasteiger charge is 2.15. The lowest BCUT2D eigenvalue weighted by Gasteiger charge is -2.15. The fourth-order valence-corrected chi connectivity index (χ4v) is 4.35. The van der Waals surface area contributed by atoms with Gasteiger partial charge in [-0.2, -0.15) is 5.26 Å². The quantitative estimate of drug-likeness (QED) is 0.181. The van der Waals surface area contributed by atoms with E-state index in [-0.39, 0.29) is 5.57 Å². The molecule has 0 bridgehead atoms. The average molecular weight is 598 g/mol. The number of nitriles is 1. The molecular weight excluding hydrogens is 576 g/mol. The summed E-state index contributed by atoms with van der Waals surface area (Å²) in [5.74, 6) is -0.371. The van der Waals surface area contributed by atoms with E-state index >= 15 is 0 Å². The predicted molar refractivity (Wildman–Crippen MR) is 142 cm³/mol. The maximum Gasteiger partial charge on any atom is 0.337 e. The molecule has 0 unspecified atom stereocenters. The third-order valence-corrected chi connectivity index (χ3v) is 6.52. The number of carbonyl (C=O) groups is 2. The van der Waals surface area contributed by atoms with Crippen molar-refractivity contribution in [3.63, 3.8) is 0 Å². The molecule has 3 aromatic carbocycles. The molecule has 178 valence electrons. The van der Waals surface area contributed by atoms with Crippen LogP contribution < -0.4 is 10.1 Å². The Hall–Kier alpha value is -3.41. The molecule has 0 radical (unpaired) electrons. The zero-order valence-electron chi connectivity index (χ0n) is 19.1. The Labute approximate surface area is 220 Å². The molecule has 8 heteroatoms. The van der Waals surface area contributed by atoms with Gasteiger partial charge in [0.25, 0.3) is 5.91 Å². The molecule has 6 nitrogen and oxygen atoms in total. The molecular formula is C27H22Br2N2O4.